The number of carbonyl (C=O) groups excluding carboxylic acids is 9. The number of aliphatic hydroxyl groups excluding tert-OH is 6. The number of hydrogen-bond donors (Lipinski definition) is 27. The smallest absolute Gasteiger partial charge is 0.360 e. The van der Waals surface area contributed by atoms with E-state index in [1.165, 1.54) is 20.9 Å². The Kier molecular flexibility index (Phi) is 37.4. The van der Waals surface area contributed by atoms with E-state index in [1.807, 2.05) is 0 Å². The Balaban J connectivity index is 1.18. The monoisotopic (exact) mass is 2030 g/mol. The Labute approximate surface area is 793 Å². The number of fused-ring (bicyclic) bond motifs is 15. The maximum absolute atomic E-state index is 16.5. The summed E-state index contributed by atoms with van der Waals surface area (Å²) in [6, 6.07) is -3.78. The molecular formula is C85H115Cl2N12O35P3. The molecule has 18 atom stereocenters. The maximum atomic E-state index is 16.5. The summed E-state index contributed by atoms with van der Waals surface area (Å²) in [6.07, 6.45) is -17.2. The van der Waals surface area contributed by atoms with Crippen molar-refractivity contribution < 1.29 is 170 Å². The van der Waals surface area contributed by atoms with E-state index in [0.29, 0.717) is 19.0 Å². The van der Waals surface area contributed by atoms with Gasteiger partial charge in [0.15, 0.2) is 29.9 Å². The molecule has 0 radical (unpaired) electrons. The van der Waals surface area contributed by atoms with Crippen molar-refractivity contribution in [1.29, 1.82) is 0 Å². The van der Waals surface area contributed by atoms with Gasteiger partial charge in [0, 0.05) is 55.6 Å². The summed E-state index contributed by atoms with van der Waals surface area (Å²) in [5.74, 6) is -20.8. The minimum absolute atomic E-state index is 0.00119. The number of hydrogen-bond acceptors (Lipinski definition) is 31. The van der Waals surface area contributed by atoms with Gasteiger partial charge < -0.3 is 173 Å². The van der Waals surface area contributed by atoms with Crippen molar-refractivity contribution in [3.8, 4) is 57.1 Å². The van der Waals surface area contributed by atoms with Crippen LogP contribution in [0.25, 0.3) is 11.1 Å². The molecule has 11 bridgehead atoms. The van der Waals surface area contributed by atoms with Crippen LogP contribution in [0.4, 0.5) is 0 Å². The van der Waals surface area contributed by atoms with Gasteiger partial charge >= 0.3 is 28.8 Å². The molecule has 0 aliphatic carbocycles. The molecule has 7 aliphatic rings. The fourth-order valence-corrected chi connectivity index (χ4v) is 19.6. The van der Waals surface area contributed by atoms with Crippen molar-refractivity contribution in [2.75, 3.05) is 39.6 Å². The standard InChI is InChI=1S/C85H115Cl2N12O35P3/c1-7-8-9-10-11-12-13-14-23-90-24-25-99(60(105)22-21-59(104)93-84(136(123,124)125)137(126,127)128)85(5)34-61(129-39(4)75(85)111)133-74-72(110)71(109)57(36-100)132-83(74)134-73-55-30-43-31-56(73)131-54-20-17-42(29-48(54)87)69(107)67-81(117)96-65(82(118)119)45-32-52(102)46(35-91-37-135(120,121)122)70(108)62(45)44-27-40(15-18-51(44)101)63(78(114)98-67)95-79(115)64(43)94-77(113)50(33-58(88)103)92-80(116)66(97-76(112)49(89-6)26-38(2)3)68(106)41-16-19-53(130-55)47(86)28-41/h15-20,27-32,38-39,49-50,57,61,63-69,71-72,74-75,83-84,89-91,100-102,106-111H,7-14,21-26,33-37H2,1-6H3,(H2,88,103)(H,92,116)(H,93,104)(H,94,113)(H,95,115)(H,96,117)(H,97,112)(H,98,114)(H,118,119)(H2,120,121,122)(H2,123,124,125)(H2,126,127,128)/t39-,49+,50-,57+,61-,63+,64+,65-,66+,67-,68+,69+,71+,72-,74+,75+,83-,85-/m0/s1. The Morgan fingerprint density at radius 1 is 0.672 bits per heavy atom. The Morgan fingerprint density at radius 3 is 1.84 bits per heavy atom. The number of nitrogens with two attached hydrogens (primary N) is 1. The number of ether oxygens (including phenoxy) is 6. The maximum Gasteiger partial charge on any atom is 0.360 e. The summed E-state index contributed by atoms with van der Waals surface area (Å²) in [7, 11) is -15.0. The van der Waals surface area contributed by atoms with E-state index in [4.69, 9.17) is 57.4 Å². The van der Waals surface area contributed by atoms with Crippen molar-refractivity contribution in [2.24, 2.45) is 11.7 Å². The van der Waals surface area contributed by atoms with Gasteiger partial charge in [0.25, 0.3) is 0 Å². The highest BCUT2D eigenvalue weighted by Gasteiger charge is 2.55. The fraction of sp³-hybridized carbons (Fsp3) is 0.529. The molecule has 0 saturated carbocycles. The number of carboxylic acids is 1. The second-order valence-electron chi connectivity index (χ2n) is 34.5. The number of rotatable bonds is 36. The molecule has 5 aromatic rings. The highest BCUT2D eigenvalue weighted by atomic mass is 35.5. The Bertz CT molecular complexity index is 5400. The van der Waals surface area contributed by atoms with Crippen molar-refractivity contribution in [1.82, 2.24) is 58.1 Å². The number of amides is 9. The molecule has 52 heteroatoms. The van der Waals surface area contributed by atoms with Gasteiger partial charge in [-0.3, -0.25) is 56.8 Å². The number of primary amides is 1. The summed E-state index contributed by atoms with van der Waals surface area (Å²) >= 11 is 14.4. The first-order chi connectivity index (χ1) is 64.4. The molecule has 0 unspecified atom stereocenters. The van der Waals surface area contributed by atoms with E-state index in [0.717, 1.165) is 117 Å². The molecule has 7 aliphatic heterocycles. The minimum Gasteiger partial charge on any atom is -0.507 e. The average Bonchev–Trinajstić information content (AvgIpc) is 0.768. The van der Waals surface area contributed by atoms with Crippen molar-refractivity contribution >= 4 is 105 Å². The number of aliphatic hydroxyl groups is 6. The minimum atomic E-state index is -5.75. The number of phenolic OH excluding ortho intramolecular Hbond substituents is 3. The van der Waals surface area contributed by atoms with Gasteiger partial charge in [0.2, 0.25) is 70.7 Å². The van der Waals surface area contributed by atoms with Crippen LogP contribution in [0.15, 0.2) is 72.8 Å². The van der Waals surface area contributed by atoms with Crippen LogP contribution in [0.5, 0.6) is 46.0 Å². The number of nitrogens with one attached hydrogen (secondary N) is 10. The van der Waals surface area contributed by atoms with Crippen LogP contribution in [0.2, 0.25) is 10.0 Å². The summed E-state index contributed by atoms with van der Waals surface area (Å²) in [5, 5.41) is 143. The fourth-order valence-electron chi connectivity index (χ4n) is 16.6. The van der Waals surface area contributed by atoms with Crippen LogP contribution in [0.1, 0.15) is 182 Å². The van der Waals surface area contributed by atoms with Crippen molar-refractivity contribution in [2.45, 2.75) is 239 Å². The number of phenols is 3. The Hall–Kier alpha value is -9.85. The quantitative estimate of drug-likeness (QED) is 0.0199. The van der Waals surface area contributed by atoms with Crippen LogP contribution in [-0.4, -0.2) is 268 Å². The van der Waals surface area contributed by atoms with E-state index in [-0.39, 0.29) is 31.0 Å². The van der Waals surface area contributed by atoms with E-state index in [2.05, 4.69) is 54.8 Å². The summed E-state index contributed by atoms with van der Waals surface area (Å²) in [4.78, 5) is 208. The molecule has 2 saturated heterocycles. The van der Waals surface area contributed by atoms with E-state index >= 15 is 24.0 Å². The van der Waals surface area contributed by atoms with Gasteiger partial charge in [-0.25, -0.2) is 4.79 Å². The summed E-state index contributed by atoms with van der Waals surface area (Å²) in [5.41, 5.74) is -3.74. The largest absolute Gasteiger partial charge is 0.507 e. The number of carboxylic acid groups (broad SMARTS) is 1. The number of benzene rings is 5. The first-order valence-corrected chi connectivity index (χ1v) is 49.6. The lowest BCUT2D eigenvalue weighted by atomic mass is 9.82. The lowest BCUT2D eigenvalue weighted by molar-refractivity contribution is -0.337. The molecule has 5 aromatic carbocycles. The summed E-state index contributed by atoms with van der Waals surface area (Å²) in [6.45, 7) is 6.58. The number of nitrogens with zero attached hydrogens (tertiary/aromatic N) is 1. The molecule has 47 nitrogen and oxygen atoms in total. The molecule has 2 fully saturated rings. The predicted molar refractivity (Wildman–Crippen MR) is 481 cm³/mol. The summed E-state index contributed by atoms with van der Waals surface area (Å²) < 4.78 is 76.0. The number of unbranched alkanes of at least 4 members (excludes halogenated alkanes) is 7. The molecule has 12 rings (SSSR count). The zero-order chi connectivity index (χ0) is 101. The van der Waals surface area contributed by atoms with Crippen LogP contribution in [0.3, 0.4) is 0 Å². The zero-order valence-corrected chi connectivity index (χ0v) is 79.1. The van der Waals surface area contributed by atoms with Gasteiger partial charge in [-0.1, -0.05) is 107 Å². The third-order valence-electron chi connectivity index (χ3n) is 23.7. The first kappa shape index (κ1) is 109. The molecule has 9 amide bonds. The second-order valence-corrected chi connectivity index (χ2v) is 40.7. The molecule has 28 N–H and O–H groups in total. The number of likely N-dealkylation sites (N-methyl/N-ethyl adjacent to an activating group) is 1. The molecule has 0 aromatic heterocycles. The van der Waals surface area contributed by atoms with Crippen molar-refractivity contribution in [3.05, 3.63) is 116 Å². The van der Waals surface area contributed by atoms with Crippen molar-refractivity contribution in [3.63, 3.8) is 0 Å². The van der Waals surface area contributed by atoms with Crippen LogP contribution < -0.4 is 73.1 Å². The van der Waals surface area contributed by atoms with Gasteiger partial charge in [-0.05, 0) is 123 Å². The van der Waals surface area contributed by atoms with Gasteiger partial charge in [-0.2, -0.15) is 0 Å². The van der Waals surface area contributed by atoms with Gasteiger partial charge in [0.05, 0.1) is 52.6 Å². The lowest BCUT2D eigenvalue weighted by Gasteiger charge is -2.52. The molecular weight excluding hydrogens is 1910 g/mol. The predicted octanol–water partition coefficient (Wildman–Crippen LogP) is 1.47. The first-order valence-electron chi connectivity index (χ1n) is 43.7. The third-order valence-corrected chi connectivity index (χ3v) is 28.3. The highest BCUT2D eigenvalue weighted by Crippen LogP contribution is 2.59. The van der Waals surface area contributed by atoms with E-state index in [9.17, 15) is 118 Å². The van der Waals surface area contributed by atoms with Crippen LogP contribution in [-0.2, 0) is 82.4 Å². The van der Waals surface area contributed by atoms with Crippen LogP contribution >= 0.6 is 46.0 Å². The Morgan fingerprint density at radius 2 is 1.26 bits per heavy atom. The normalized spacial score (nSPS) is 25.2. The topological polar surface area (TPSA) is 751 Å². The number of aliphatic carboxylic acids is 1. The van der Waals surface area contributed by atoms with E-state index in [1.54, 1.807) is 19.2 Å². The van der Waals surface area contributed by atoms with Crippen LogP contribution in [0, 0.1) is 5.92 Å². The third kappa shape index (κ3) is 27.2. The average molecular weight is 2030 g/mol. The number of halogens is 2. The van der Waals surface area contributed by atoms with Gasteiger partial charge in [0.1, 0.15) is 95.6 Å². The molecule has 0 spiro atoms. The van der Waals surface area contributed by atoms with Gasteiger partial charge in [-0.15, -0.1) is 0 Å². The second kappa shape index (κ2) is 46.9. The van der Waals surface area contributed by atoms with E-state index < -0.39 is 337 Å². The molecule has 137 heavy (non-hydrogen) atoms. The lowest BCUT2D eigenvalue weighted by Crippen LogP contribution is -2.67. The molecule has 754 valence electrons. The highest BCUT2D eigenvalue weighted by molar-refractivity contribution is 7.70. The number of carbonyl (C=O) groups is 10. The zero-order valence-electron chi connectivity index (χ0n) is 74.9. The molecule has 7 heterocycles. The number of aromatic hydroxyl groups is 3. The SMILES string of the molecule is CCCCCCCCCCNCCN(C(=O)CCC(=O)NC(P(=O)(O)O)P(=O)(O)O)[C@@]1(C)C[C@H](O[C@H]2[C@H](Oc3c4cc5cc3Oc3ccc(cc3Cl)[C@@H](O)[C@@H](NC(=O)[C@@H](CC(C)C)NC)C(=O)N[C@@H](CC(N)=O)C(=O)N[C@H]5C(=O)N[C@H]3C(=O)N[C@H](C(=O)N[C@H](C(=O)O)c5cc(O)c(CNCP(=O)(O)O)c(O)c5-c5cc3ccc5O)[C@H](O)c3ccc(c(Cl)c3)O4)O[C@H](CO)[C@@H](O)[C@@H]2O)O[C@@H](C)[C@H]1O.